The molecule has 0 aliphatic heterocycles. The van der Waals surface area contributed by atoms with Crippen molar-refractivity contribution in [2.24, 2.45) is 0 Å². The number of rotatable bonds is 4. The number of hydrogen-bond donors (Lipinski definition) is 2. The standard InChI is InChI=1S/C14H16N2O2S/c1-9-4-3-5-10(6-9)8-16-12-7-11(15)13(19-12)14(17)18-2/h3-7,16H,8,15H2,1-2H3. The molecule has 0 aliphatic rings. The van der Waals surface area contributed by atoms with Crippen LogP contribution in [0.25, 0.3) is 0 Å². The number of aryl methyl sites for hydroxylation is 1. The molecular formula is C14H16N2O2S. The third-order valence-electron chi connectivity index (χ3n) is 2.68. The van der Waals surface area contributed by atoms with Crippen LogP contribution in [0.1, 0.15) is 20.8 Å². The molecule has 5 heteroatoms. The van der Waals surface area contributed by atoms with E-state index in [0.717, 1.165) is 5.00 Å². The van der Waals surface area contributed by atoms with Crippen molar-refractivity contribution in [3.8, 4) is 0 Å². The fourth-order valence-corrected chi connectivity index (χ4v) is 2.65. The molecule has 19 heavy (non-hydrogen) atoms. The van der Waals surface area contributed by atoms with E-state index in [1.165, 1.54) is 29.6 Å². The number of methoxy groups -OCH3 is 1. The number of nitrogens with one attached hydrogen (secondary N) is 1. The van der Waals surface area contributed by atoms with Crippen LogP contribution in [0.3, 0.4) is 0 Å². The highest BCUT2D eigenvalue weighted by Gasteiger charge is 2.14. The average Bonchev–Trinajstić information content (AvgIpc) is 2.77. The molecule has 1 heterocycles. The van der Waals surface area contributed by atoms with Crippen molar-refractivity contribution in [2.75, 3.05) is 18.2 Å². The first kappa shape index (κ1) is 13.4. The smallest absolute Gasteiger partial charge is 0.350 e. The van der Waals surface area contributed by atoms with Crippen LogP contribution in [-0.4, -0.2) is 13.1 Å². The van der Waals surface area contributed by atoms with Crippen LogP contribution in [0.2, 0.25) is 0 Å². The first-order valence-electron chi connectivity index (χ1n) is 5.87. The zero-order chi connectivity index (χ0) is 13.8. The predicted molar refractivity (Wildman–Crippen MR) is 78.6 cm³/mol. The molecule has 100 valence electrons. The van der Waals surface area contributed by atoms with Gasteiger partial charge in [-0.05, 0) is 18.6 Å². The van der Waals surface area contributed by atoms with Gasteiger partial charge >= 0.3 is 5.97 Å². The summed E-state index contributed by atoms with van der Waals surface area (Å²) in [5.41, 5.74) is 8.64. The summed E-state index contributed by atoms with van der Waals surface area (Å²) in [6.45, 7) is 2.75. The first-order valence-corrected chi connectivity index (χ1v) is 6.69. The quantitative estimate of drug-likeness (QED) is 0.842. The van der Waals surface area contributed by atoms with Gasteiger partial charge in [0.25, 0.3) is 0 Å². The summed E-state index contributed by atoms with van der Waals surface area (Å²) in [7, 11) is 1.35. The van der Waals surface area contributed by atoms with Gasteiger partial charge in [-0.2, -0.15) is 0 Å². The van der Waals surface area contributed by atoms with Gasteiger partial charge in [-0.3, -0.25) is 0 Å². The molecular weight excluding hydrogens is 260 g/mol. The van der Waals surface area contributed by atoms with Crippen LogP contribution in [0, 0.1) is 6.92 Å². The zero-order valence-corrected chi connectivity index (χ0v) is 11.7. The Hall–Kier alpha value is -2.01. The lowest BCUT2D eigenvalue weighted by molar-refractivity contribution is 0.0607. The van der Waals surface area contributed by atoms with E-state index in [9.17, 15) is 4.79 Å². The average molecular weight is 276 g/mol. The van der Waals surface area contributed by atoms with Crippen molar-refractivity contribution in [3.05, 3.63) is 46.3 Å². The van der Waals surface area contributed by atoms with Gasteiger partial charge in [-0.25, -0.2) is 4.79 Å². The van der Waals surface area contributed by atoms with E-state index in [1.807, 2.05) is 6.07 Å². The number of benzene rings is 1. The molecule has 2 rings (SSSR count). The summed E-state index contributed by atoms with van der Waals surface area (Å²) in [6, 6.07) is 10.0. The number of nitrogens with two attached hydrogens (primary N) is 1. The van der Waals surface area contributed by atoms with Gasteiger partial charge in [0.05, 0.1) is 17.8 Å². The minimum Gasteiger partial charge on any atom is -0.465 e. The van der Waals surface area contributed by atoms with E-state index in [2.05, 4.69) is 35.2 Å². The summed E-state index contributed by atoms with van der Waals surface area (Å²) >= 11 is 1.30. The number of ether oxygens (including phenoxy) is 1. The van der Waals surface area contributed by atoms with E-state index >= 15 is 0 Å². The molecule has 3 N–H and O–H groups in total. The molecule has 0 bridgehead atoms. The minimum absolute atomic E-state index is 0.397. The second kappa shape index (κ2) is 5.75. The Balaban J connectivity index is 2.06. The summed E-state index contributed by atoms with van der Waals surface area (Å²) < 4.78 is 4.67. The van der Waals surface area contributed by atoms with Crippen LogP contribution in [0.5, 0.6) is 0 Å². The van der Waals surface area contributed by atoms with Gasteiger partial charge in [0.2, 0.25) is 0 Å². The summed E-state index contributed by atoms with van der Waals surface area (Å²) in [5.74, 6) is -0.397. The molecule has 0 aliphatic carbocycles. The van der Waals surface area contributed by atoms with Crippen molar-refractivity contribution >= 4 is 28.0 Å². The second-order valence-corrected chi connectivity index (χ2v) is 5.28. The maximum atomic E-state index is 11.4. The topological polar surface area (TPSA) is 64.3 Å². The number of hydrogen-bond acceptors (Lipinski definition) is 5. The van der Waals surface area contributed by atoms with Gasteiger partial charge in [0.1, 0.15) is 4.88 Å². The van der Waals surface area contributed by atoms with E-state index in [-0.39, 0.29) is 0 Å². The Bertz CT molecular complexity index is 593. The van der Waals surface area contributed by atoms with Gasteiger partial charge < -0.3 is 15.8 Å². The molecule has 0 saturated carbocycles. The lowest BCUT2D eigenvalue weighted by Crippen LogP contribution is -2.01. The van der Waals surface area contributed by atoms with Crippen LogP contribution in [0.4, 0.5) is 10.7 Å². The van der Waals surface area contributed by atoms with Crippen molar-refractivity contribution in [1.29, 1.82) is 0 Å². The molecule has 0 unspecified atom stereocenters. The van der Waals surface area contributed by atoms with Gasteiger partial charge in [-0.15, -0.1) is 11.3 Å². The Morgan fingerprint density at radius 1 is 1.42 bits per heavy atom. The zero-order valence-electron chi connectivity index (χ0n) is 10.9. The van der Waals surface area contributed by atoms with Gasteiger partial charge in [-0.1, -0.05) is 29.8 Å². The number of carbonyl (C=O) groups is 1. The fourth-order valence-electron chi connectivity index (χ4n) is 1.76. The van der Waals surface area contributed by atoms with E-state index in [4.69, 9.17) is 5.73 Å². The van der Waals surface area contributed by atoms with Gasteiger partial charge in [0, 0.05) is 6.54 Å². The van der Waals surface area contributed by atoms with Crippen molar-refractivity contribution in [2.45, 2.75) is 13.5 Å². The lowest BCUT2D eigenvalue weighted by atomic mass is 10.1. The van der Waals surface area contributed by atoms with Crippen molar-refractivity contribution < 1.29 is 9.53 Å². The van der Waals surface area contributed by atoms with Crippen LogP contribution >= 0.6 is 11.3 Å². The molecule has 0 radical (unpaired) electrons. The Morgan fingerprint density at radius 2 is 2.21 bits per heavy atom. The number of anilines is 2. The fraction of sp³-hybridized carbons (Fsp3) is 0.214. The highest BCUT2D eigenvalue weighted by atomic mass is 32.1. The molecule has 0 spiro atoms. The first-order chi connectivity index (χ1) is 9.10. The normalized spacial score (nSPS) is 10.2. The molecule has 4 nitrogen and oxygen atoms in total. The molecule has 0 atom stereocenters. The van der Waals surface area contributed by atoms with Crippen LogP contribution < -0.4 is 11.1 Å². The predicted octanol–water partition coefficient (Wildman–Crippen LogP) is 3.04. The highest BCUT2D eigenvalue weighted by molar-refractivity contribution is 7.18. The van der Waals surface area contributed by atoms with Gasteiger partial charge in [0.15, 0.2) is 0 Å². The number of nitrogen functional groups attached to an aromatic ring is 1. The highest BCUT2D eigenvalue weighted by Crippen LogP contribution is 2.30. The second-order valence-electron chi connectivity index (χ2n) is 4.23. The number of thiophene rings is 1. The minimum atomic E-state index is -0.397. The molecule has 0 fully saturated rings. The van der Waals surface area contributed by atoms with E-state index in [1.54, 1.807) is 6.07 Å². The Morgan fingerprint density at radius 3 is 2.89 bits per heavy atom. The number of carbonyl (C=O) groups excluding carboxylic acids is 1. The lowest BCUT2D eigenvalue weighted by Gasteiger charge is -2.04. The summed E-state index contributed by atoms with van der Waals surface area (Å²) in [6.07, 6.45) is 0. The molecule has 2 aromatic rings. The summed E-state index contributed by atoms with van der Waals surface area (Å²) in [5, 5.41) is 4.12. The van der Waals surface area contributed by atoms with Crippen molar-refractivity contribution in [3.63, 3.8) is 0 Å². The van der Waals surface area contributed by atoms with Crippen LogP contribution in [-0.2, 0) is 11.3 Å². The molecule has 0 saturated heterocycles. The number of esters is 1. The monoisotopic (exact) mass is 276 g/mol. The third-order valence-corrected chi connectivity index (χ3v) is 3.77. The largest absolute Gasteiger partial charge is 0.465 e. The summed E-state index contributed by atoms with van der Waals surface area (Å²) in [4.78, 5) is 11.9. The Kier molecular flexibility index (Phi) is 4.06. The maximum absolute atomic E-state index is 11.4. The maximum Gasteiger partial charge on any atom is 0.350 e. The van der Waals surface area contributed by atoms with E-state index < -0.39 is 5.97 Å². The SMILES string of the molecule is COC(=O)c1sc(NCc2cccc(C)c2)cc1N. The van der Waals surface area contributed by atoms with Crippen LogP contribution in [0.15, 0.2) is 30.3 Å². The Labute approximate surface area is 116 Å². The third kappa shape index (κ3) is 3.26. The molecule has 0 amide bonds. The van der Waals surface area contributed by atoms with E-state index in [0.29, 0.717) is 17.1 Å². The molecule has 1 aromatic heterocycles. The van der Waals surface area contributed by atoms with Crippen molar-refractivity contribution in [1.82, 2.24) is 0 Å². The molecule has 1 aromatic carbocycles.